The third kappa shape index (κ3) is 3.72. The number of hydrogen-bond donors (Lipinski definition) is 2. The van der Waals surface area contributed by atoms with Crippen molar-refractivity contribution < 1.29 is 14.7 Å². The summed E-state index contributed by atoms with van der Waals surface area (Å²) in [5.41, 5.74) is 0.977. The first-order valence-electron chi connectivity index (χ1n) is 6.59. The Morgan fingerprint density at radius 1 is 1.30 bits per heavy atom. The Morgan fingerprint density at radius 2 is 2.00 bits per heavy atom. The highest BCUT2D eigenvalue weighted by Gasteiger charge is 2.31. The molecule has 1 heterocycles. The summed E-state index contributed by atoms with van der Waals surface area (Å²) in [6.45, 7) is 0.901. The monoisotopic (exact) mass is 340 g/mol. The summed E-state index contributed by atoms with van der Waals surface area (Å²) >= 11 is 3.35. The van der Waals surface area contributed by atoms with Crippen LogP contribution < -0.4 is 5.32 Å². The molecule has 20 heavy (non-hydrogen) atoms. The average Bonchev–Trinajstić information content (AvgIpc) is 2.46. The smallest absolute Gasteiger partial charge is 0.326 e. The average molecular weight is 341 g/mol. The topological polar surface area (TPSA) is 69.6 Å². The molecule has 2 rings (SSSR count). The van der Waals surface area contributed by atoms with Crippen LogP contribution in [0.1, 0.15) is 24.8 Å². The molecule has 1 aliphatic heterocycles. The van der Waals surface area contributed by atoms with Gasteiger partial charge < -0.3 is 15.3 Å². The minimum Gasteiger partial charge on any atom is -0.480 e. The van der Waals surface area contributed by atoms with E-state index in [0.717, 1.165) is 22.9 Å². The number of amides is 2. The molecular weight excluding hydrogens is 324 g/mol. The number of carbonyl (C=O) groups excluding carboxylic acids is 1. The second-order valence-corrected chi connectivity index (χ2v) is 5.74. The third-order valence-electron chi connectivity index (χ3n) is 3.41. The van der Waals surface area contributed by atoms with Gasteiger partial charge in [0.25, 0.3) is 0 Å². The van der Waals surface area contributed by atoms with Gasteiger partial charge in [-0.1, -0.05) is 28.1 Å². The molecule has 1 aliphatic rings. The number of piperidine rings is 1. The molecule has 5 nitrogen and oxygen atoms in total. The zero-order valence-corrected chi connectivity index (χ0v) is 12.6. The molecule has 0 aromatic heterocycles. The Bertz CT molecular complexity index is 490. The van der Waals surface area contributed by atoms with Gasteiger partial charge in [-0.15, -0.1) is 0 Å². The molecule has 1 atom stereocenters. The summed E-state index contributed by atoms with van der Waals surface area (Å²) in [5, 5.41) is 11.9. The summed E-state index contributed by atoms with van der Waals surface area (Å²) in [4.78, 5) is 24.7. The van der Waals surface area contributed by atoms with E-state index in [1.165, 1.54) is 4.90 Å². The van der Waals surface area contributed by atoms with Gasteiger partial charge in [-0.3, -0.25) is 0 Å². The highest BCUT2D eigenvalue weighted by molar-refractivity contribution is 9.10. The molecule has 1 saturated heterocycles. The summed E-state index contributed by atoms with van der Waals surface area (Å²) in [6.07, 6.45) is 2.24. The van der Waals surface area contributed by atoms with Gasteiger partial charge in [-0.25, -0.2) is 9.59 Å². The maximum atomic E-state index is 12.1. The highest BCUT2D eigenvalue weighted by atomic mass is 79.9. The number of halogens is 1. The summed E-state index contributed by atoms with van der Waals surface area (Å²) in [7, 11) is 0. The molecule has 108 valence electrons. The van der Waals surface area contributed by atoms with Crippen molar-refractivity contribution in [1.82, 2.24) is 10.2 Å². The number of benzene rings is 1. The highest BCUT2D eigenvalue weighted by Crippen LogP contribution is 2.17. The van der Waals surface area contributed by atoms with Crippen LogP contribution in [-0.4, -0.2) is 34.6 Å². The van der Waals surface area contributed by atoms with E-state index >= 15 is 0 Å². The van der Waals surface area contributed by atoms with Gasteiger partial charge in [-0.05, 0) is 37.0 Å². The Morgan fingerprint density at radius 3 is 2.65 bits per heavy atom. The van der Waals surface area contributed by atoms with E-state index in [1.54, 1.807) is 0 Å². The van der Waals surface area contributed by atoms with Crippen molar-refractivity contribution in [3.63, 3.8) is 0 Å². The molecule has 1 aromatic carbocycles. The fourth-order valence-corrected chi connectivity index (χ4v) is 2.58. The first-order chi connectivity index (χ1) is 9.58. The van der Waals surface area contributed by atoms with Crippen LogP contribution in [0.15, 0.2) is 28.7 Å². The second-order valence-electron chi connectivity index (χ2n) is 4.83. The molecule has 1 aromatic rings. The van der Waals surface area contributed by atoms with Crippen LogP contribution >= 0.6 is 15.9 Å². The van der Waals surface area contributed by atoms with Crippen LogP contribution in [0.5, 0.6) is 0 Å². The quantitative estimate of drug-likeness (QED) is 0.888. The Labute approximate surface area is 126 Å². The van der Waals surface area contributed by atoms with E-state index in [2.05, 4.69) is 21.2 Å². The number of likely N-dealkylation sites (tertiary alicyclic amines) is 1. The molecular formula is C14H17BrN2O3. The minimum absolute atomic E-state index is 0.306. The number of rotatable bonds is 3. The van der Waals surface area contributed by atoms with E-state index in [9.17, 15) is 9.59 Å². The number of urea groups is 1. The van der Waals surface area contributed by atoms with Gasteiger partial charge >= 0.3 is 12.0 Å². The maximum Gasteiger partial charge on any atom is 0.326 e. The summed E-state index contributed by atoms with van der Waals surface area (Å²) < 4.78 is 0.981. The predicted octanol–water partition coefficient (Wildman–Crippen LogP) is 2.60. The molecule has 1 unspecified atom stereocenters. The number of nitrogens with one attached hydrogen (secondary N) is 1. The standard InChI is InChI=1S/C14H17BrN2O3/c15-11-6-4-10(5-7-11)9-16-14(20)17-8-2-1-3-12(17)13(18)19/h4-7,12H,1-3,8-9H2,(H,16,20)(H,18,19). The molecule has 2 amide bonds. The first-order valence-corrected chi connectivity index (χ1v) is 7.39. The molecule has 0 spiro atoms. The lowest BCUT2D eigenvalue weighted by atomic mass is 10.0. The van der Waals surface area contributed by atoms with Gasteiger partial charge in [-0.2, -0.15) is 0 Å². The van der Waals surface area contributed by atoms with Gasteiger partial charge in [0.2, 0.25) is 0 Å². The zero-order chi connectivity index (χ0) is 14.5. The lowest BCUT2D eigenvalue weighted by molar-refractivity contribution is -0.143. The molecule has 2 N–H and O–H groups in total. The van der Waals surface area contributed by atoms with E-state index < -0.39 is 12.0 Å². The van der Waals surface area contributed by atoms with Crippen molar-refractivity contribution in [3.05, 3.63) is 34.3 Å². The Kier molecular flexibility index (Phi) is 5.00. The summed E-state index contributed by atoms with van der Waals surface area (Å²) in [5.74, 6) is -0.927. The van der Waals surface area contributed by atoms with Crippen LogP contribution in [-0.2, 0) is 11.3 Å². The SMILES string of the molecule is O=C(O)C1CCCCN1C(=O)NCc1ccc(Br)cc1. The third-order valence-corrected chi connectivity index (χ3v) is 3.93. The van der Waals surface area contributed by atoms with Crippen LogP contribution in [0.2, 0.25) is 0 Å². The van der Waals surface area contributed by atoms with Crippen molar-refractivity contribution in [2.24, 2.45) is 0 Å². The van der Waals surface area contributed by atoms with Crippen molar-refractivity contribution in [3.8, 4) is 0 Å². The first kappa shape index (κ1) is 14.8. The fraction of sp³-hybridized carbons (Fsp3) is 0.429. The molecule has 0 saturated carbocycles. The van der Waals surface area contributed by atoms with Crippen molar-refractivity contribution in [1.29, 1.82) is 0 Å². The van der Waals surface area contributed by atoms with Crippen molar-refractivity contribution in [2.75, 3.05) is 6.54 Å². The van der Waals surface area contributed by atoms with Crippen LogP contribution in [0.25, 0.3) is 0 Å². The molecule has 0 aliphatic carbocycles. The lowest BCUT2D eigenvalue weighted by Gasteiger charge is -2.32. The van der Waals surface area contributed by atoms with Gasteiger partial charge in [0, 0.05) is 17.6 Å². The predicted molar refractivity (Wildman–Crippen MR) is 78.4 cm³/mol. The number of carboxylic acid groups (broad SMARTS) is 1. The van der Waals surface area contributed by atoms with Crippen LogP contribution in [0.3, 0.4) is 0 Å². The Hall–Kier alpha value is -1.56. The van der Waals surface area contributed by atoms with Crippen molar-refractivity contribution >= 4 is 27.9 Å². The largest absolute Gasteiger partial charge is 0.480 e. The van der Waals surface area contributed by atoms with Gasteiger partial charge in [0.05, 0.1) is 0 Å². The van der Waals surface area contributed by atoms with E-state index in [1.807, 2.05) is 24.3 Å². The number of carboxylic acids is 1. The Balaban J connectivity index is 1.93. The van der Waals surface area contributed by atoms with Gasteiger partial charge in [0.1, 0.15) is 6.04 Å². The second kappa shape index (κ2) is 6.74. The van der Waals surface area contributed by atoms with Crippen LogP contribution in [0.4, 0.5) is 4.79 Å². The van der Waals surface area contributed by atoms with E-state index in [-0.39, 0.29) is 6.03 Å². The summed E-state index contributed by atoms with van der Waals surface area (Å²) in [6, 6.07) is 6.63. The van der Waals surface area contributed by atoms with Gasteiger partial charge in [0.15, 0.2) is 0 Å². The molecule has 0 bridgehead atoms. The van der Waals surface area contributed by atoms with E-state index in [0.29, 0.717) is 19.5 Å². The maximum absolute atomic E-state index is 12.1. The minimum atomic E-state index is -0.927. The molecule has 1 fully saturated rings. The number of aliphatic carboxylic acids is 1. The number of nitrogens with zero attached hydrogens (tertiary/aromatic N) is 1. The molecule has 0 radical (unpaired) electrons. The van der Waals surface area contributed by atoms with Crippen LogP contribution in [0, 0.1) is 0 Å². The van der Waals surface area contributed by atoms with E-state index in [4.69, 9.17) is 5.11 Å². The molecule has 6 heteroatoms. The number of hydrogen-bond acceptors (Lipinski definition) is 2. The normalized spacial score (nSPS) is 18.6. The number of carbonyl (C=O) groups is 2. The zero-order valence-electron chi connectivity index (χ0n) is 11.0. The lowest BCUT2D eigenvalue weighted by Crippen LogP contribution is -2.51. The fourth-order valence-electron chi connectivity index (χ4n) is 2.31. The van der Waals surface area contributed by atoms with Crippen molar-refractivity contribution in [2.45, 2.75) is 31.8 Å².